The van der Waals surface area contributed by atoms with Gasteiger partial charge in [-0.15, -0.1) is 0 Å². The van der Waals surface area contributed by atoms with Crippen molar-refractivity contribution in [2.45, 2.75) is 76.5 Å². The Bertz CT molecular complexity index is 3280. The Morgan fingerprint density at radius 1 is 0.691 bits per heavy atom. The second-order valence-corrected chi connectivity index (χ2v) is 20.2. The molecule has 0 N–H and O–H groups in total. The fourth-order valence-corrected chi connectivity index (χ4v) is 12.9. The summed E-state index contributed by atoms with van der Waals surface area (Å²) in [7, 11) is 2.24. The van der Waals surface area contributed by atoms with E-state index in [1.165, 1.54) is 115 Å². The molecule has 6 aromatic rings. The SMILES string of the molecule is C=CC1=C(/C=C\C)c2ccccc2C1(C1=CCC(C)C=C1)c1ccccc1.CN(c1cccc(-c2ccc3c(c2)=C2C=CC=CC2(C)CC=3)c1)c1cccc2c1-c1ccccc1C21CCCCC1. The second kappa shape index (κ2) is 17.6. The van der Waals surface area contributed by atoms with Crippen molar-refractivity contribution in [3.05, 3.63) is 256 Å². The highest BCUT2D eigenvalue weighted by Crippen LogP contribution is 2.59. The lowest BCUT2D eigenvalue weighted by Gasteiger charge is -2.37. The highest BCUT2D eigenvalue weighted by Gasteiger charge is 2.47. The summed E-state index contributed by atoms with van der Waals surface area (Å²) in [4.78, 5) is 2.41. The van der Waals surface area contributed by atoms with Gasteiger partial charge in [-0.25, -0.2) is 0 Å². The molecule has 0 bridgehead atoms. The van der Waals surface area contributed by atoms with Gasteiger partial charge in [-0.1, -0.05) is 222 Å². The van der Waals surface area contributed by atoms with Gasteiger partial charge >= 0.3 is 0 Å². The fraction of sp³-hybridized carbons (Fsp3) is 0.224. The van der Waals surface area contributed by atoms with Gasteiger partial charge in [-0.3, -0.25) is 0 Å². The predicted molar refractivity (Wildman–Crippen MR) is 290 cm³/mol. The van der Waals surface area contributed by atoms with Crippen LogP contribution >= 0.6 is 0 Å². The molecule has 6 aromatic carbocycles. The summed E-state index contributed by atoms with van der Waals surface area (Å²) in [5, 5.41) is 2.72. The highest BCUT2D eigenvalue weighted by molar-refractivity contribution is 5.93. The molecule has 1 heteroatoms. The molecule has 6 aliphatic rings. The molecule has 1 nitrogen and oxygen atoms in total. The van der Waals surface area contributed by atoms with Crippen LogP contribution in [0.3, 0.4) is 0 Å². The molecule has 336 valence electrons. The van der Waals surface area contributed by atoms with Crippen molar-refractivity contribution < 1.29 is 0 Å². The number of hydrogen-bond donors (Lipinski definition) is 0. The van der Waals surface area contributed by atoms with Crippen LogP contribution in [0.2, 0.25) is 0 Å². The molecule has 0 radical (unpaired) electrons. The maximum absolute atomic E-state index is 4.25. The number of anilines is 2. The van der Waals surface area contributed by atoms with Gasteiger partial charge in [0.05, 0.1) is 5.41 Å². The van der Waals surface area contributed by atoms with Gasteiger partial charge in [0.2, 0.25) is 0 Å². The average molecular weight is 882 g/mol. The van der Waals surface area contributed by atoms with Crippen LogP contribution < -0.4 is 15.3 Å². The van der Waals surface area contributed by atoms with Crippen LogP contribution in [0, 0.1) is 11.3 Å². The molecule has 1 fully saturated rings. The van der Waals surface area contributed by atoms with E-state index in [1.807, 2.05) is 0 Å². The van der Waals surface area contributed by atoms with Crippen molar-refractivity contribution in [2.24, 2.45) is 11.3 Å². The van der Waals surface area contributed by atoms with Crippen molar-refractivity contribution in [3.8, 4) is 22.3 Å². The summed E-state index contributed by atoms with van der Waals surface area (Å²) in [5.74, 6) is 0.587. The maximum Gasteiger partial charge on any atom is 0.0710 e. The summed E-state index contributed by atoms with van der Waals surface area (Å²) in [5.41, 5.74) is 20.3. The smallest absolute Gasteiger partial charge is 0.0710 e. The van der Waals surface area contributed by atoms with Gasteiger partial charge < -0.3 is 4.90 Å². The average Bonchev–Trinajstić information content (AvgIpc) is 3.83. The van der Waals surface area contributed by atoms with Crippen LogP contribution in [0.4, 0.5) is 11.4 Å². The summed E-state index contributed by atoms with van der Waals surface area (Å²) >= 11 is 0. The number of rotatable bonds is 7. The van der Waals surface area contributed by atoms with Gasteiger partial charge in [0.15, 0.2) is 0 Å². The fourth-order valence-electron chi connectivity index (χ4n) is 12.9. The van der Waals surface area contributed by atoms with E-state index < -0.39 is 0 Å². The predicted octanol–water partition coefficient (Wildman–Crippen LogP) is 15.8. The third kappa shape index (κ3) is 6.96. The quantitative estimate of drug-likeness (QED) is 0.154. The van der Waals surface area contributed by atoms with Crippen molar-refractivity contribution in [1.29, 1.82) is 0 Å². The Balaban J connectivity index is 0.000000163. The highest BCUT2D eigenvalue weighted by atomic mass is 15.1. The molecule has 3 unspecified atom stereocenters. The topological polar surface area (TPSA) is 3.24 Å². The Morgan fingerprint density at radius 3 is 2.21 bits per heavy atom. The summed E-state index contributed by atoms with van der Waals surface area (Å²) in [6, 6.07) is 52.1. The summed E-state index contributed by atoms with van der Waals surface area (Å²) in [6.45, 7) is 11.0. The largest absolute Gasteiger partial charge is 0.344 e. The van der Waals surface area contributed by atoms with Gasteiger partial charge in [0.1, 0.15) is 0 Å². The number of fused-ring (bicyclic) bond motifs is 8. The van der Waals surface area contributed by atoms with E-state index in [2.05, 4.69) is 246 Å². The minimum atomic E-state index is -0.301. The zero-order valence-corrected chi connectivity index (χ0v) is 40.3. The van der Waals surface area contributed by atoms with E-state index in [-0.39, 0.29) is 16.2 Å². The van der Waals surface area contributed by atoms with Crippen LogP contribution in [-0.4, -0.2) is 7.05 Å². The van der Waals surface area contributed by atoms with Crippen LogP contribution in [-0.2, 0) is 10.8 Å². The Kier molecular flexibility index (Phi) is 11.3. The zero-order chi connectivity index (χ0) is 46.5. The second-order valence-electron chi connectivity index (χ2n) is 20.2. The first-order valence-corrected chi connectivity index (χ1v) is 25.1. The third-order valence-corrected chi connectivity index (χ3v) is 16.3. The van der Waals surface area contributed by atoms with E-state index in [1.54, 1.807) is 11.1 Å². The Hall–Kier alpha value is -6.96. The Morgan fingerprint density at radius 2 is 1.43 bits per heavy atom. The summed E-state index contributed by atoms with van der Waals surface area (Å²) < 4.78 is 0. The number of hydrogen-bond acceptors (Lipinski definition) is 1. The molecule has 12 rings (SSSR count). The number of benzene rings is 6. The molecule has 0 heterocycles. The first kappa shape index (κ1) is 43.6. The van der Waals surface area contributed by atoms with Crippen LogP contribution in [0.15, 0.2) is 218 Å². The summed E-state index contributed by atoms with van der Waals surface area (Å²) in [6.07, 6.45) is 33.6. The van der Waals surface area contributed by atoms with Gasteiger partial charge in [-0.2, -0.15) is 0 Å². The molecule has 1 saturated carbocycles. The lowest BCUT2D eigenvalue weighted by atomic mass is 9.65. The van der Waals surface area contributed by atoms with E-state index in [0.717, 1.165) is 12.8 Å². The monoisotopic (exact) mass is 881 g/mol. The third-order valence-electron chi connectivity index (χ3n) is 16.3. The first-order chi connectivity index (χ1) is 33.3. The molecule has 0 amide bonds. The van der Waals surface area contributed by atoms with Crippen LogP contribution in [0.5, 0.6) is 0 Å². The molecule has 68 heavy (non-hydrogen) atoms. The van der Waals surface area contributed by atoms with Gasteiger partial charge in [-0.05, 0) is 140 Å². The number of nitrogens with zero attached hydrogens (tertiary/aromatic N) is 1. The van der Waals surface area contributed by atoms with E-state index in [4.69, 9.17) is 0 Å². The Labute approximate surface area is 405 Å². The normalized spacial score (nSPS) is 22.3. The van der Waals surface area contributed by atoms with Crippen LogP contribution in [0.1, 0.15) is 93.5 Å². The molecule has 1 spiro atoms. The molecule has 0 aromatic heterocycles. The first-order valence-electron chi connectivity index (χ1n) is 25.1. The van der Waals surface area contributed by atoms with E-state index in [9.17, 15) is 0 Å². The molecular formula is C67H63N. The maximum atomic E-state index is 4.25. The van der Waals surface area contributed by atoms with E-state index >= 15 is 0 Å². The standard InChI is InChI=1S/C40H37N.C27H26/c1-39-22-9-6-15-34(39)33-27-30(20-19-28(33)21-25-39)29-12-10-13-31(26-29)41(2)37-18-11-17-36-38(37)32-14-4-5-16-35(32)40(36)23-7-3-8-24-40;1-4-11-23-24-14-9-10-15-26(24)27(25(23)5-2,21-12-7-6-8-13-21)22-18-16-20(3)17-19-22/h4-6,9-22,26-27H,3,7-8,23-25H2,1-2H3;4-16,18-20H,2,17H2,1,3H3/b;11-4-. The number of allylic oxidation sites excluding steroid dienone is 13. The van der Waals surface area contributed by atoms with Crippen molar-refractivity contribution >= 4 is 28.6 Å². The molecule has 0 saturated heterocycles. The van der Waals surface area contributed by atoms with E-state index in [0.29, 0.717) is 5.92 Å². The zero-order valence-electron chi connectivity index (χ0n) is 40.3. The molecule has 0 aliphatic heterocycles. The lowest BCUT2D eigenvalue weighted by molar-refractivity contribution is 0.353. The lowest BCUT2D eigenvalue weighted by Crippen LogP contribution is -2.36. The van der Waals surface area contributed by atoms with Crippen molar-refractivity contribution in [3.63, 3.8) is 0 Å². The molecule has 6 aliphatic carbocycles. The van der Waals surface area contributed by atoms with Crippen molar-refractivity contribution in [1.82, 2.24) is 0 Å². The minimum absolute atomic E-state index is 0.0854. The van der Waals surface area contributed by atoms with Crippen molar-refractivity contribution in [2.75, 3.05) is 11.9 Å². The molecular weight excluding hydrogens is 819 g/mol. The molecule has 3 atom stereocenters. The van der Waals surface area contributed by atoms with Crippen LogP contribution in [0.25, 0.3) is 39.5 Å². The van der Waals surface area contributed by atoms with Gasteiger partial charge in [0, 0.05) is 34.8 Å². The minimum Gasteiger partial charge on any atom is -0.344 e. The van der Waals surface area contributed by atoms with Gasteiger partial charge in [0.25, 0.3) is 0 Å².